The number of H-pyrrole nitrogens is 1. The van der Waals surface area contributed by atoms with Crippen molar-refractivity contribution in [1.29, 1.82) is 0 Å². The van der Waals surface area contributed by atoms with Gasteiger partial charge < -0.3 is 15.0 Å². The molecule has 1 heterocycles. The van der Waals surface area contributed by atoms with Gasteiger partial charge in [0.25, 0.3) is 0 Å². The van der Waals surface area contributed by atoms with Gasteiger partial charge in [0.05, 0.1) is 17.4 Å². The van der Waals surface area contributed by atoms with Crippen molar-refractivity contribution < 1.29 is 22.7 Å². The lowest BCUT2D eigenvalue weighted by molar-refractivity contribution is -0.137. The minimum absolute atomic E-state index is 0.0247. The lowest BCUT2D eigenvalue weighted by Gasteiger charge is -2.35. The van der Waals surface area contributed by atoms with Gasteiger partial charge in [0.2, 0.25) is 5.91 Å². The van der Waals surface area contributed by atoms with Gasteiger partial charge in [-0.05, 0) is 79.3 Å². The monoisotopic (exact) mass is 454 g/mol. The quantitative estimate of drug-likeness (QED) is 0.454. The van der Waals surface area contributed by atoms with Crippen LogP contribution in [-0.4, -0.2) is 17.0 Å². The van der Waals surface area contributed by atoms with E-state index >= 15 is 0 Å². The first-order valence-electron chi connectivity index (χ1n) is 11.6. The smallest absolute Gasteiger partial charge is 0.416 e. The van der Waals surface area contributed by atoms with Crippen molar-refractivity contribution in [2.75, 3.05) is 5.32 Å². The van der Waals surface area contributed by atoms with Crippen LogP contribution in [-0.2, 0) is 11.0 Å². The number of anilines is 1. The molecule has 3 aliphatic carbocycles. The third-order valence-corrected chi connectivity index (χ3v) is 7.87. The largest absolute Gasteiger partial charge is 0.490 e. The van der Waals surface area contributed by atoms with Crippen molar-refractivity contribution in [3.8, 4) is 5.75 Å². The van der Waals surface area contributed by atoms with Crippen LogP contribution in [0.1, 0.15) is 55.6 Å². The first-order chi connectivity index (χ1) is 15.8. The normalized spacial score (nSPS) is 25.4. The van der Waals surface area contributed by atoms with E-state index in [-0.39, 0.29) is 29.3 Å². The lowest BCUT2D eigenvalue weighted by Crippen LogP contribution is -2.32. The van der Waals surface area contributed by atoms with Gasteiger partial charge in [-0.3, -0.25) is 4.79 Å². The molecule has 1 atom stereocenters. The van der Waals surface area contributed by atoms with E-state index in [4.69, 9.17) is 4.74 Å². The maximum atomic E-state index is 12.8. The molecule has 33 heavy (non-hydrogen) atoms. The molecule has 1 aromatic heterocycles. The number of amides is 1. The van der Waals surface area contributed by atoms with Gasteiger partial charge >= 0.3 is 6.18 Å². The average Bonchev–Trinajstić information content (AvgIpc) is 3.40. The molecule has 3 aromatic rings. The highest BCUT2D eigenvalue weighted by atomic mass is 19.4. The van der Waals surface area contributed by atoms with E-state index in [2.05, 4.69) is 10.3 Å². The number of nitrogens with one attached hydrogen (secondary N) is 2. The zero-order chi connectivity index (χ0) is 22.8. The Morgan fingerprint density at radius 1 is 1.09 bits per heavy atom. The first-order valence-corrected chi connectivity index (χ1v) is 11.6. The van der Waals surface area contributed by atoms with Crippen LogP contribution in [0.15, 0.2) is 48.7 Å². The number of ether oxygens (including phenoxy) is 1. The van der Waals surface area contributed by atoms with Gasteiger partial charge in [0.1, 0.15) is 5.75 Å². The molecule has 6 rings (SSSR count). The number of hydrogen-bond acceptors (Lipinski definition) is 2. The number of carbonyl (C=O) groups is 1. The summed E-state index contributed by atoms with van der Waals surface area (Å²) in [6.07, 6.45) is 3.67. The van der Waals surface area contributed by atoms with Crippen LogP contribution >= 0.6 is 0 Å². The van der Waals surface area contributed by atoms with Gasteiger partial charge in [0.15, 0.2) is 0 Å². The fourth-order valence-corrected chi connectivity index (χ4v) is 5.47. The molecule has 3 saturated carbocycles. The topological polar surface area (TPSA) is 54.1 Å². The summed E-state index contributed by atoms with van der Waals surface area (Å²) in [7, 11) is 0. The second-order valence-electron chi connectivity index (χ2n) is 9.90. The Balaban J connectivity index is 1.08. The lowest BCUT2D eigenvalue weighted by atomic mass is 9.77. The summed E-state index contributed by atoms with van der Waals surface area (Å²) in [5.41, 5.74) is 2.29. The summed E-state index contributed by atoms with van der Waals surface area (Å²) >= 11 is 0. The van der Waals surface area contributed by atoms with Gasteiger partial charge in [-0.25, -0.2) is 0 Å². The van der Waals surface area contributed by atoms with E-state index in [0.29, 0.717) is 0 Å². The zero-order valence-corrected chi connectivity index (χ0v) is 18.0. The molecule has 2 aromatic carbocycles. The maximum Gasteiger partial charge on any atom is 0.416 e. The summed E-state index contributed by atoms with van der Waals surface area (Å²) in [5.74, 6) is 1.20. The standard InChI is InChI=1S/C26H25F3N2O2/c27-26(28,29)17-4-2-15(3-5-17)16-10-19(11-16)33-18-6-7-22-20(12-18)23(14-30-22)31-24(32)21-13-25(21)8-1-9-25/h2-7,12,14,16,19,21,30H,1,8-11,13H2,(H,31,32). The number of carbonyl (C=O) groups excluding carboxylic acids is 1. The predicted molar refractivity (Wildman–Crippen MR) is 119 cm³/mol. The van der Waals surface area contributed by atoms with E-state index in [1.165, 1.54) is 19.3 Å². The number of halogens is 3. The van der Waals surface area contributed by atoms with Crippen molar-refractivity contribution in [2.45, 2.75) is 56.7 Å². The second-order valence-corrected chi connectivity index (χ2v) is 9.90. The Kier molecular flexibility index (Phi) is 4.55. The van der Waals surface area contributed by atoms with Crippen molar-refractivity contribution in [3.63, 3.8) is 0 Å². The van der Waals surface area contributed by atoms with Crippen LogP contribution in [0.5, 0.6) is 5.75 Å². The van der Waals surface area contributed by atoms with Crippen molar-refractivity contribution in [1.82, 2.24) is 4.98 Å². The molecule has 4 nitrogen and oxygen atoms in total. The molecule has 0 bridgehead atoms. The Morgan fingerprint density at radius 3 is 2.48 bits per heavy atom. The predicted octanol–water partition coefficient (Wildman–Crippen LogP) is 6.64. The van der Waals surface area contributed by atoms with E-state index in [1.54, 1.807) is 12.1 Å². The number of alkyl halides is 3. The summed E-state index contributed by atoms with van der Waals surface area (Å²) in [4.78, 5) is 15.9. The average molecular weight is 454 g/mol. The molecule has 3 fully saturated rings. The van der Waals surface area contributed by atoms with Gasteiger partial charge in [-0.15, -0.1) is 0 Å². The van der Waals surface area contributed by atoms with E-state index in [1.807, 2.05) is 24.4 Å². The fraction of sp³-hybridized carbons (Fsp3) is 0.423. The maximum absolute atomic E-state index is 12.8. The summed E-state index contributed by atoms with van der Waals surface area (Å²) in [6.45, 7) is 0. The molecule has 0 saturated heterocycles. The second kappa shape index (κ2) is 7.27. The number of hydrogen-bond donors (Lipinski definition) is 2. The van der Waals surface area contributed by atoms with Gasteiger partial charge in [-0.2, -0.15) is 13.2 Å². The molecular formula is C26H25F3N2O2. The Morgan fingerprint density at radius 2 is 1.85 bits per heavy atom. The number of fused-ring (bicyclic) bond motifs is 1. The third kappa shape index (κ3) is 3.67. The van der Waals surface area contributed by atoms with Crippen molar-refractivity contribution in [3.05, 3.63) is 59.8 Å². The molecule has 1 unspecified atom stereocenters. The Bertz CT molecular complexity index is 1200. The number of rotatable bonds is 5. The van der Waals surface area contributed by atoms with Gasteiger partial charge in [-0.1, -0.05) is 18.6 Å². The molecule has 2 N–H and O–H groups in total. The first kappa shape index (κ1) is 20.6. The highest BCUT2D eigenvalue weighted by Crippen LogP contribution is 2.65. The molecule has 3 aliphatic rings. The minimum Gasteiger partial charge on any atom is -0.490 e. The highest BCUT2D eigenvalue weighted by Gasteiger charge is 2.60. The molecule has 172 valence electrons. The van der Waals surface area contributed by atoms with Gasteiger partial charge in [0, 0.05) is 23.0 Å². The Hall–Kier alpha value is -2.96. The van der Waals surface area contributed by atoms with Crippen LogP contribution < -0.4 is 10.1 Å². The summed E-state index contributed by atoms with van der Waals surface area (Å²) < 4.78 is 44.4. The molecule has 1 spiro atoms. The zero-order valence-electron chi connectivity index (χ0n) is 18.0. The molecule has 0 radical (unpaired) electrons. The van der Waals surface area contributed by atoms with Crippen LogP contribution in [0.3, 0.4) is 0 Å². The minimum atomic E-state index is -4.31. The molecular weight excluding hydrogens is 429 g/mol. The van der Waals surface area contributed by atoms with Crippen LogP contribution in [0, 0.1) is 11.3 Å². The van der Waals surface area contributed by atoms with E-state index < -0.39 is 11.7 Å². The third-order valence-electron chi connectivity index (χ3n) is 7.87. The Labute approximate surface area is 189 Å². The fourth-order valence-electron chi connectivity index (χ4n) is 5.47. The summed E-state index contributed by atoms with van der Waals surface area (Å²) in [6, 6.07) is 11.2. The molecule has 7 heteroatoms. The molecule has 0 aliphatic heterocycles. The van der Waals surface area contributed by atoms with Crippen molar-refractivity contribution >= 4 is 22.5 Å². The van der Waals surface area contributed by atoms with E-state index in [9.17, 15) is 18.0 Å². The summed E-state index contributed by atoms with van der Waals surface area (Å²) in [5, 5.41) is 4.02. The van der Waals surface area contributed by atoms with E-state index in [0.717, 1.165) is 59.3 Å². The molecule has 1 amide bonds. The van der Waals surface area contributed by atoms with Crippen molar-refractivity contribution in [2.24, 2.45) is 11.3 Å². The number of aromatic nitrogens is 1. The number of benzene rings is 2. The van der Waals surface area contributed by atoms with Crippen LogP contribution in [0.4, 0.5) is 18.9 Å². The highest BCUT2D eigenvalue weighted by molar-refractivity contribution is 6.03. The van der Waals surface area contributed by atoms with Crippen LogP contribution in [0.2, 0.25) is 0 Å². The van der Waals surface area contributed by atoms with Crippen LogP contribution in [0.25, 0.3) is 10.9 Å². The number of aromatic amines is 1. The SMILES string of the molecule is O=C(Nc1c[nH]c2ccc(OC3CC(c4ccc(C(F)(F)F)cc4)C3)cc12)C1CC12CCC2.